The Bertz CT molecular complexity index is 1100. The van der Waals surface area contributed by atoms with Crippen molar-refractivity contribution in [1.29, 1.82) is 0 Å². The van der Waals surface area contributed by atoms with Crippen LogP contribution in [-0.2, 0) is 33.1 Å². The number of anilines is 1. The molecule has 3 rings (SSSR count). The quantitative estimate of drug-likeness (QED) is 0.613. The fourth-order valence-corrected chi connectivity index (χ4v) is 4.44. The first-order valence-electron chi connectivity index (χ1n) is 9.55. The highest BCUT2D eigenvalue weighted by Crippen LogP contribution is 2.32. The van der Waals surface area contributed by atoms with Crippen molar-refractivity contribution in [3.63, 3.8) is 0 Å². The summed E-state index contributed by atoms with van der Waals surface area (Å²) in [6.45, 7) is 1.36. The lowest BCUT2D eigenvalue weighted by Crippen LogP contribution is -2.49. The molecule has 1 saturated heterocycles. The van der Waals surface area contributed by atoms with Crippen molar-refractivity contribution in [3.8, 4) is 5.75 Å². The van der Waals surface area contributed by atoms with Gasteiger partial charge in [0.05, 0.1) is 17.9 Å². The van der Waals surface area contributed by atoms with Crippen LogP contribution in [0.2, 0.25) is 5.02 Å². The van der Waals surface area contributed by atoms with Gasteiger partial charge in [-0.25, -0.2) is 8.42 Å². The van der Waals surface area contributed by atoms with Gasteiger partial charge in [0.2, 0.25) is 5.91 Å². The SMILES string of the molecule is COc1cc(N2CCN(C(=O)Cn3cc(CS(C)(=O)=O)c(C(F)(F)F)n3)CC2)ccc1Cl. The van der Waals surface area contributed by atoms with Crippen molar-refractivity contribution < 1.29 is 31.1 Å². The molecule has 0 atom stereocenters. The van der Waals surface area contributed by atoms with Crippen LogP contribution in [0.3, 0.4) is 0 Å². The number of benzene rings is 1. The molecule has 0 aliphatic carbocycles. The van der Waals surface area contributed by atoms with Gasteiger partial charge in [-0.05, 0) is 12.1 Å². The number of alkyl halides is 3. The number of ether oxygens (including phenoxy) is 1. The van der Waals surface area contributed by atoms with Crippen LogP contribution >= 0.6 is 11.6 Å². The van der Waals surface area contributed by atoms with Crippen molar-refractivity contribution in [2.75, 3.05) is 44.4 Å². The largest absolute Gasteiger partial charge is 0.495 e. The van der Waals surface area contributed by atoms with Crippen molar-refractivity contribution in [3.05, 3.63) is 40.7 Å². The summed E-state index contributed by atoms with van der Waals surface area (Å²) in [6, 6.07) is 5.36. The van der Waals surface area contributed by atoms with Gasteiger partial charge in [0.1, 0.15) is 12.3 Å². The van der Waals surface area contributed by atoms with Gasteiger partial charge in [0.25, 0.3) is 0 Å². The van der Waals surface area contributed by atoms with E-state index in [2.05, 4.69) is 5.10 Å². The van der Waals surface area contributed by atoms with Crippen LogP contribution in [0.25, 0.3) is 0 Å². The van der Waals surface area contributed by atoms with Crippen molar-refractivity contribution in [2.45, 2.75) is 18.5 Å². The second-order valence-corrected chi connectivity index (χ2v) is 10.0. The number of carbonyl (C=O) groups excluding carboxylic acids is 1. The number of methoxy groups -OCH3 is 1. The number of rotatable bonds is 6. The Hall–Kier alpha value is -2.47. The zero-order valence-electron chi connectivity index (χ0n) is 17.4. The molecular weight excluding hydrogens is 473 g/mol. The minimum atomic E-state index is -4.82. The topological polar surface area (TPSA) is 84.7 Å². The van der Waals surface area contributed by atoms with Crippen LogP contribution in [0, 0.1) is 0 Å². The normalized spacial score (nSPS) is 15.2. The minimum absolute atomic E-state index is 0.368. The van der Waals surface area contributed by atoms with E-state index in [1.165, 1.54) is 12.0 Å². The molecule has 0 saturated carbocycles. The molecule has 32 heavy (non-hydrogen) atoms. The molecule has 0 N–H and O–H groups in total. The van der Waals surface area contributed by atoms with E-state index in [0.29, 0.717) is 37.0 Å². The maximum Gasteiger partial charge on any atom is 0.435 e. The summed E-state index contributed by atoms with van der Waals surface area (Å²) in [5.41, 5.74) is -0.891. The van der Waals surface area contributed by atoms with Crippen molar-refractivity contribution in [2.24, 2.45) is 0 Å². The lowest BCUT2D eigenvalue weighted by molar-refractivity contribution is -0.142. The van der Waals surface area contributed by atoms with Crippen LogP contribution in [0.4, 0.5) is 18.9 Å². The number of carbonyl (C=O) groups is 1. The third-order valence-corrected chi connectivity index (χ3v) is 6.10. The van der Waals surface area contributed by atoms with E-state index in [1.807, 2.05) is 11.0 Å². The fraction of sp³-hybridized carbons (Fsp3) is 0.474. The van der Waals surface area contributed by atoms with Gasteiger partial charge in [-0.15, -0.1) is 0 Å². The molecule has 8 nitrogen and oxygen atoms in total. The molecular formula is C19H22ClF3N4O4S. The Morgan fingerprint density at radius 1 is 1.22 bits per heavy atom. The van der Waals surface area contributed by atoms with E-state index < -0.39 is 45.5 Å². The number of amides is 1. The molecule has 1 amide bonds. The molecule has 0 spiro atoms. The van der Waals surface area contributed by atoms with Gasteiger partial charge in [-0.1, -0.05) is 11.6 Å². The number of hydrogen-bond donors (Lipinski definition) is 0. The Kier molecular flexibility index (Phi) is 6.94. The predicted octanol–water partition coefficient (Wildman–Crippen LogP) is 2.46. The summed E-state index contributed by atoms with van der Waals surface area (Å²) in [5, 5.41) is 3.92. The van der Waals surface area contributed by atoms with E-state index >= 15 is 0 Å². The smallest absolute Gasteiger partial charge is 0.435 e. The number of nitrogens with zero attached hydrogens (tertiary/aromatic N) is 4. The summed E-state index contributed by atoms with van der Waals surface area (Å²) < 4.78 is 68.7. The summed E-state index contributed by atoms with van der Waals surface area (Å²) in [7, 11) is -2.19. The zero-order chi connectivity index (χ0) is 23.7. The maximum absolute atomic E-state index is 13.2. The van der Waals surface area contributed by atoms with E-state index in [0.717, 1.165) is 22.8 Å². The van der Waals surface area contributed by atoms with Crippen molar-refractivity contribution in [1.82, 2.24) is 14.7 Å². The van der Waals surface area contributed by atoms with Crippen LogP contribution in [0.1, 0.15) is 11.3 Å². The third kappa shape index (κ3) is 5.85. The average molecular weight is 495 g/mol. The summed E-state index contributed by atoms with van der Waals surface area (Å²) in [4.78, 5) is 16.2. The Labute approximate surface area is 188 Å². The number of piperazine rings is 1. The van der Waals surface area contributed by atoms with Gasteiger partial charge in [0, 0.05) is 55.9 Å². The van der Waals surface area contributed by atoms with Crippen LogP contribution in [0.5, 0.6) is 5.75 Å². The molecule has 0 unspecified atom stereocenters. The van der Waals surface area contributed by atoms with Gasteiger partial charge in [-0.2, -0.15) is 18.3 Å². The molecule has 0 bridgehead atoms. The van der Waals surface area contributed by atoms with Crippen molar-refractivity contribution >= 4 is 33.0 Å². The molecule has 1 aliphatic rings. The first-order chi connectivity index (χ1) is 14.9. The maximum atomic E-state index is 13.2. The fourth-order valence-electron chi connectivity index (χ4n) is 3.47. The van der Waals surface area contributed by atoms with Gasteiger partial charge < -0.3 is 14.5 Å². The summed E-state index contributed by atoms with van der Waals surface area (Å²) in [6.07, 6.45) is -3.01. The molecule has 1 aliphatic heterocycles. The molecule has 1 aromatic heterocycles. The van der Waals surface area contributed by atoms with Crippen LogP contribution in [-0.4, -0.2) is 68.5 Å². The Morgan fingerprint density at radius 3 is 2.44 bits per heavy atom. The van der Waals surface area contributed by atoms with Crippen LogP contribution < -0.4 is 9.64 Å². The van der Waals surface area contributed by atoms with Crippen LogP contribution in [0.15, 0.2) is 24.4 Å². The molecule has 1 aromatic carbocycles. The predicted molar refractivity (Wildman–Crippen MR) is 113 cm³/mol. The van der Waals surface area contributed by atoms with Gasteiger partial charge >= 0.3 is 6.18 Å². The number of hydrogen-bond acceptors (Lipinski definition) is 6. The number of sulfone groups is 1. The highest BCUT2D eigenvalue weighted by Gasteiger charge is 2.38. The molecule has 2 heterocycles. The monoisotopic (exact) mass is 494 g/mol. The molecule has 1 fully saturated rings. The molecule has 2 aromatic rings. The van der Waals surface area contributed by atoms with E-state index in [1.54, 1.807) is 12.1 Å². The van der Waals surface area contributed by atoms with E-state index in [4.69, 9.17) is 16.3 Å². The lowest BCUT2D eigenvalue weighted by Gasteiger charge is -2.36. The van der Waals surface area contributed by atoms with Gasteiger partial charge in [0.15, 0.2) is 15.5 Å². The number of aromatic nitrogens is 2. The molecule has 176 valence electrons. The third-order valence-electron chi connectivity index (χ3n) is 4.95. The molecule has 0 radical (unpaired) electrons. The summed E-state index contributed by atoms with van der Waals surface area (Å²) in [5.74, 6) is -0.675. The Morgan fingerprint density at radius 2 is 1.88 bits per heavy atom. The first kappa shape index (κ1) is 24.2. The van der Waals surface area contributed by atoms with E-state index in [9.17, 15) is 26.4 Å². The standard InChI is InChI=1S/C19H22ClF3N4O4S/c1-31-16-9-14(3-4-15(16)20)25-5-7-26(8-6-25)17(28)11-27-10-13(12-32(2,29)30)18(24-27)19(21,22)23/h3-4,9-10H,5-8,11-12H2,1-2H3. The van der Waals surface area contributed by atoms with Gasteiger partial charge in [-0.3, -0.25) is 9.48 Å². The lowest BCUT2D eigenvalue weighted by atomic mass is 10.2. The minimum Gasteiger partial charge on any atom is -0.495 e. The molecule has 13 heteroatoms. The second-order valence-electron chi connectivity index (χ2n) is 7.46. The Balaban J connectivity index is 1.66. The first-order valence-corrected chi connectivity index (χ1v) is 12.0. The second kappa shape index (κ2) is 9.18. The highest BCUT2D eigenvalue weighted by molar-refractivity contribution is 7.89. The van der Waals surface area contributed by atoms with E-state index in [-0.39, 0.29) is 0 Å². The number of halogens is 4. The summed E-state index contributed by atoms with van der Waals surface area (Å²) >= 11 is 6.04. The average Bonchev–Trinajstić information content (AvgIpc) is 3.09. The zero-order valence-corrected chi connectivity index (χ0v) is 19.0. The highest BCUT2D eigenvalue weighted by atomic mass is 35.5.